The second-order valence-corrected chi connectivity index (χ2v) is 12.3. The molecule has 2 heterocycles. The summed E-state index contributed by atoms with van der Waals surface area (Å²) in [5, 5.41) is 2.20. The lowest BCUT2D eigenvalue weighted by molar-refractivity contribution is -0.146. The van der Waals surface area contributed by atoms with Gasteiger partial charge in [0.2, 0.25) is 15.9 Å². The molecule has 2 saturated carbocycles. The van der Waals surface area contributed by atoms with Crippen LogP contribution in [0.2, 0.25) is 0 Å². The summed E-state index contributed by atoms with van der Waals surface area (Å²) in [6, 6.07) is -0.844. The molecule has 0 radical (unpaired) electrons. The number of allylic oxidation sites excluding steroid dienone is 1. The first-order chi connectivity index (χ1) is 17.1. The zero-order valence-electron chi connectivity index (χ0n) is 20.4. The molecule has 4 aliphatic rings. The summed E-state index contributed by atoms with van der Waals surface area (Å²) in [5.41, 5.74) is 3.81. The van der Waals surface area contributed by atoms with Gasteiger partial charge in [0.25, 0.3) is 11.8 Å². The average molecular weight is 525 g/mol. The maximum absolute atomic E-state index is 13.4. The Morgan fingerprint density at radius 1 is 1.06 bits per heavy atom. The van der Waals surface area contributed by atoms with E-state index in [4.69, 9.17) is 10.5 Å². The van der Waals surface area contributed by atoms with Crippen LogP contribution in [0.5, 0.6) is 0 Å². The van der Waals surface area contributed by atoms with Gasteiger partial charge < -0.3 is 20.7 Å². The van der Waals surface area contributed by atoms with Gasteiger partial charge in [0.05, 0.1) is 5.25 Å². The molecule has 2 aliphatic carbocycles. The average Bonchev–Trinajstić information content (AvgIpc) is 3.21. The lowest BCUT2D eigenvalue weighted by atomic mass is 10.1. The van der Waals surface area contributed by atoms with Crippen molar-refractivity contribution in [3.8, 4) is 0 Å². The van der Waals surface area contributed by atoms with Crippen molar-refractivity contribution in [1.29, 1.82) is 0 Å². The molecule has 0 bridgehead atoms. The van der Waals surface area contributed by atoms with Gasteiger partial charge in [-0.15, -0.1) is 0 Å². The summed E-state index contributed by atoms with van der Waals surface area (Å²) in [7, 11) is -3.85. The minimum Gasteiger partial charge on any atom is -0.436 e. The quantitative estimate of drug-likeness (QED) is 0.465. The van der Waals surface area contributed by atoms with E-state index in [1.807, 2.05) is 12.2 Å². The highest BCUT2D eigenvalue weighted by molar-refractivity contribution is 7.90. The van der Waals surface area contributed by atoms with Crippen LogP contribution in [0.4, 0.5) is 4.79 Å². The maximum Gasteiger partial charge on any atom is 0.405 e. The van der Waals surface area contributed by atoms with Gasteiger partial charge >= 0.3 is 6.09 Å². The molecule has 11 nitrogen and oxygen atoms in total. The number of nitrogens with two attached hydrogens (primary N) is 1. The summed E-state index contributed by atoms with van der Waals surface area (Å²) in [6.45, 7) is 0.314. The summed E-state index contributed by atoms with van der Waals surface area (Å²) in [4.78, 5) is 52.7. The standard InChI is InChI=1S/C24H36N4O7S/c25-23(32)35-19-13-5-3-1-2-4-9-16-15-24(16,22(31)27-36(33,34)17-10-6-7-11-17)26-20(29)18-12-8-14-28(18)21(19)30/h4,9,16-19H,1-3,5-8,10-15H2,(H2,25,32)(H,26,29)(H,27,31)/b9-4-. The van der Waals surface area contributed by atoms with E-state index in [-0.39, 0.29) is 12.3 Å². The molecule has 36 heavy (non-hydrogen) atoms. The van der Waals surface area contributed by atoms with Gasteiger partial charge in [0.1, 0.15) is 11.6 Å². The molecule has 12 heteroatoms. The van der Waals surface area contributed by atoms with Crippen LogP contribution in [0.3, 0.4) is 0 Å². The van der Waals surface area contributed by atoms with Crippen molar-refractivity contribution in [2.24, 2.45) is 11.7 Å². The highest BCUT2D eigenvalue weighted by Gasteiger charge is 2.61. The van der Waals surface area contributed by atoms with Crippen molar-refractivity contribution in [2.45, 2.75) is 100.0 Å². The number of sulfonamides is 1. The molecule has 4 amide bonds. The molecular weight excluding hydrogens is 488 g/mol. The lowest BCUT2D eigenvalue weighted by Gasteiger charge is -2.29. The fraction of sp³-hybridized carbons (Fsp3) is 0.750. The number of nitrogens with one attached hydrogen (secondary N) is 2. The van der Waals surface area contributed by atoms with Gasteiger partial charge in [0, 0.05) is 12.5 Å². The van der Waals surface area contributed by atoms with Crippen LogP contribution in [0.25, 0.3) is 0 Å². The maximum atomic E-state index is 13.4. The molecule has 0 aromatic heterocycles. The Hall–Kier alpha value is -2.63. The number of hydrogen-bond acceptors (Lipinski definition) is 7. The van der Waals surface area contributed by atoms with Crippen LogP contribution in [0.1, 0.15) is 77.0 Å². The van der Waals surface area contributed by atoms with E-state index < -0.39 is 56.8 Å². The normalized spacial score (nSPS) is 32.9. The Morgan fingerprint density at radius 2 is 1.78 bits per heavy atom. The predicted molar refractivity (Wildman–Crippen MR) is 130 cm³/mol. The Kier molecular flexibility index (Phi) is 7.91. The summed E-state index contributed by atoms with van der Waals surface area (Å²) in [5.74, 6) is -2.05. The topological polar surface area (TPSA) is 165 Å². The highest BCUT2D eigenvalue weighted by Crippen LogP contribution is 2.46. The van der Waals surface area contributed by atoms with Crippen molar-refractivity contribution in [1.82, 2.24) is 14.9 Å². The van der Waals surface area contributed by atoms with Crippen molar-refractivity contribution < 1.29 is 32.3 Å². The van der Waals surface area contributed by atoms with E-state index in [1.165, 1.54) is 4.90 Å². The molecule has 200 valence electrons. The van der Waals surface area contributed by atoms with E-state index in [0.29, 0.717) is 45.1 Å². The molecule has 0 spiro atoms. The molecule has 1 saturated heterocycles. The summed E-state index contributed by atoms with van der Waals surface area (Å²) >= 11 is 0. The number of nitrogens with zero attached hydrogens (tertiary/aromatic N) is 1. The van der Waals surface area contributed by atoms with E-state index >= 15 is 0 Å². The first kappa shape index (κ1) is 26.4. The fourth-order valence-electron chi connectivity index (χ4n) is 5.68. The Bertz CT molecular complexity index is 1020. The SMILES string of the molecule is NC(=O)OC1CCCCC/C=C\C2CC2(C(=O)NS(=O)(=O)C2CCCC2)NC(=O)C2CCCN2C1=O. The highest BCUT2D eigenvalue weighted by atomic mass is 32.2. The monoisotopic (exact) mass is 524 g/mol. The van der Waals surface area contributed by atoms with Gasteiger partial charge in [-0.3, -0.25) is 19.1 Å². The molecule has 4 atom stereocenters. The largest absolute Gasteiger partial charge is 0.436 e. The van der Waals surface area contributed by atoms with Crippen molar-refractivity contribution in [2.75, 3.05) is 6.54 Å². The lowest BCUT2D eigenvalue weighted by Crippen LogP contribution is -2.57. The molecule has 0 aromatic rings. The molecule has 4 unspecified atom stereocenters. The van der Waals surface area contributed by atoms with E-state index in [2.05, 4.69) is 10.0 Å². The third-order valence-electron chi connectivity index (χ3n) is 7.82. The third kappa shape index (κ3) is 5.68. The van der Waals surface area contributed by atoms with E-state index in [1.54, 1.807) is 0 Å². The number of rotatable bonds is 4. The molecule has 4 rings (SSSR count). The number of carbonyl (C=O) groups excluding carboxylic acids is 4. The Balaban J connectivity index is 1.56. The fourth-order valence-corrected chi connectivity index (χ4v) is 7.24. The second-order valence-electron chi connectivity index (χ2n) is 10.3. The van der Waals surface area contributed by atoms with Crippen molar-refractivity contribution >= 4 is 33.8 Å². The minimum atomic E-state index is -3.85. The van der Waals surface area contributed by atoms with Gasteiger partial charge in [-0.25, -0.2) is 13.2 Å². The van der Waals surface area contributed by atoms with Crippen LogP contribution < -0.4 is 15.8 Å². The van der Waals surface area contributed by atoms with Crippen LogP contribution in [0, 0.1) is 5.92 Å². The molecule has 4 N–H and O–H groups in total. The number of hydrogen-bond donors (Lipinski definition) is 3. The molecule has 2 aliphatic heterocycles. The first-order valence-corrected chi connectivity index (χ1v) is 14.5. The number of amides is 4. The van der Waals surface area contributed by atoms with E-state index in [9.17, 15) is 27.6 Å². The number of ether oxygens (including phenoxy) is 1. The zero-order chi connectivity index (χ0) is 25.9. The van der Waals surface area contributed by atoms with Gasteiger partial charge in [-0.05, 0) is 57.8 Å². The Morgan fingerprint density at radius 3 is 2.50 bits per heavy atom. The molecule has 0 aromatic carbocycles. The van der Waals surface area contributed by atoms with Gasteiger partial charge in [-0.1, -0.05) is 31.4 Å². The predicted octanol–water partition coefficient (Wildman–Crippen LogP) is 1.23. The first-order valence-electron chi connectivity index (χ1n) is 13.0. The van der Waals surface area contributed by atoms with Crippen LogP contribution >= 0.6 is 0 Å². The van der Waals surface area contributed by atoms with Crippen molar-refractivity contribution in [3.05, 3.63) is 12.2 Å². The zero-order valence-corrected chi connectivity index (χ0v) is 21.3. The van der Waals surface area contributed by atoms with Gasteiger partial charge in [-0.2, -0.15) is 0 Å². The smallest absolute Gasteiger partial charge is 0.405 e. The molecule has 3 fully saturated rings. The van der Waals surface area contributed by atoms with E-state index in [0.717, 1.165) is 32.1 Å². The second kappa shape index (κ2) is 10.8. The third-order valence-corrected chi connectivity index (χ3v) is 9.64. The summed E-state index contributed by atoms with van der Waals surface area (Å²) < 4.78 is 33.0. The van der Waals surface area contributed by atoms with Crippen molar-refractivity contribution in [3.63, 3.8) is 0 Å². The van der Waals surface area contributed by atoms with Crippen LogP contribution in [-0.2, 0) is 29.1 Å². The number of fused-ring (bicyclic) bond motifs is 2. The van der Waals surface area contributed by atoms with Crippen LogP contribution in [-0.4, -0.2) is 66.6 Å². The summed E-state index contributed by atoms with van der Waals surface area (Å²) in [6.07, 6.45) is 8.90. The molecular formula is C24H36N4O7S. The number of carbonyl (C=O) groups is 4. The van der Waals surface area contributed by atoms with Crippen LogP contribution in [0.15, 0.2) is 12.2 Å². The number of primary amides is 1. The van der Waals surface area contributed by atoms with Gasteiger partial charge in [0.15, 0.2) is 6.10 Å². The minimum absolute atomic E-state index is 0.287. The Labute approximate surface area is 211 Å².